The Morgan fingerprint density at radius 2 is 1.87 bits per heavy atom. The molecular formula is C13H18O2. The van der Waals surface area contributed by atoms with Crippen molar-refractivity contribution in [2.24, 2.45) is 0 Å². The second-order valence-corrected chi connectivity index (χ2v) is 3.62. The van der Waals surface area contributed by atoms with Crippen molar-refractivity contribution < 1.29 is 9.53 Å². The lowest BCUT2D eigenvalue weighted by Gasteiger charge is -2.03. The van der Waals surface area contributed by atoms with Gasteiger partial charge in [-0.05, 0) is 25.3 Å². The number of Topliss-reactive ketones (excluding diaryl/α,β-unsaturated/α-hetero) is 1. The van der Waals surface area contributed by atoms with E-state index in [0.717, 1.165) is 31.6 Å². The SMILES string of the molecule is CCCOCCc1ccc(C(C)=O)cc1. The summed E-state index contributed by atoms with van der Waals surface area (Å²) < 4.78 is 5.40. The highest BCUT2D eigenvalue weighted by Gasteiger charge is 1.98. The van der Waals surface area contributed by atoms with Crippen molar-refractivity contribution in [1.29, 1.82) is 0 Å². The van der Waals surface area contributed by atoms with Gasteiger partial charge in [0.1, 0.15) is 0 Å². The lowest BCUT2D eigenvalue weighted by atomic mass is 10.1. The van der Waals surface area contributed by atoms with Gasteiger partial charge in [-0.25, -0.2) is 0 Å². The van der Waals surface area contributed by atoms with Crippen molar-refractivity contribution in [2.75, 3.05) is 13.2 Å². The maximum absolute atomic E-state index is 11.0. The number of hydrogen-bond donors (Lipinski definition) is 0. The fraction of sp³-hybridized carbons (Fsp3) is 0.462. The van der Waals surface area contributed by atoms with E-state index >= 15 is 0 Å². The van der Waals surface area contributed by atoms with Crippen molar-refractivity contribution in [1.82, 2.24) is 0 Å². The van der Waals surface area contributed by atoms with Crippen molar-refractivity contribution in [3.8, 4) is 0 Å². The zero-order chi connectivity index (χ0) is 11.1. The summed E-state index contributed by atoms with van der Waals surface area (Å²) in [5.74, 6) is 0.115. The zero-order valence-corrected chi connectivity index (χ0v) is 9.45. The molecule has 0 saturated heterocycles. The van der Waals surface area contributed by atoms with Gasteiger partial charge < -0.3 is 4.74 Å². The van der Waals surface area contributed by atoms with Crippen LogP contribution in [0.5, 0.6) is 0 Å². The Balaban J connectivity index is 2.39. The minimum absolute atomic E-state index is 0.115. The van der Waals surface area contributed by atoms with Gasteiger partial charge in [0.25, 0.3) is 0 Å². The number of hydrogen-bond acceptors (Lipinski definition) is 2. The molecule has 2 heteroatoms. The summed E-state index contributed by atoms with van der Waals surface area (Å²) in [5.41, 5.74) is 1.99. The summed E-state index contributed by atoms with van der Waals surface area (Å²) in [5, 5.41) is 0. The van der Waals surface area contributed by atoms with Crippen LogP contribution in [0.4, 0.5) is 0 Å². The highest BCUT2D eigenvalue weighted by Crippen LogP contribution is 2.06. The largest absolute Gasteiger partial charge is 0.381 e. The molecule has 0 aliphatic carbocycles. The molecule has 0 aromatic heterocycles. The average Bonchev–Trinajstić information content (AvgIpc) is 2.25. The molecule has 1 aromatic rings. The summed E-state index contributed by atoms with van der Waals surface area (Å²) in [4.78, 5) is 11.0. The van der Waals surface area contributed by atoms with Gasteiger partial charge in [-0.2, -0.15) is 0 Å². The maximum Gasteiger partial charge on any atom is 0.159 e. The first-order chi connectivity index (χ1) is 7.24. The van der Waals surface area contributed by atoms with Crippen molar-refractivity contribution in [3.63, 3.8) is 0 Å². The minimum atomic E-state index is 0.115. The fourth-order valence-electron chi connectivity index (χ4n) is 1.34. The molecule has 0 atom stereocenters. The van der Waals surface area contributed by atoms with Crippen LogP contribution >= 0.6 is 0 Å². The molecule has 1 rings (SSSR count). The molecular weight excluding hydrogens is 188 g/mol. The molecule has 0 unspecified atom stereocenters. The fourth-order valence-corrected chi connectivity index (χ4v) is 1.34. The van der Waals surface area contributed by atoms with E-state index in [4.69, 9.17) is 4.74 Å². The highest BCUT2D eigenvalue weighted by molar-refractivity contribution is 5.93. The molecule has 82 valence electrons. The second-order valence-electron chi connectivity index (χ2n) is 3.62. The smallest absolute Gasteiger partial charge is 0.159 e. The van der Waals surface area contributed by atoms with Gasteiger partial charge in [0.2, 0.25) is 0 Å². The topological polar surface area (TPSA) is 26.3 Å². The van der Waals surface area contributed by atoms with Gasteiger partial charge in [0.15, 0.2) is 5.78 Å². The van der Waals surface area contributed by atoms with Crippen LogP contribution in [0.3, 0.4) is 0 Å². The van der Waals surface area contributed by atoms with Crippen LogP contribution in [0, 0.1) is 0 Å². The average molecular weight is 206 g/mol. The first-order valence-corrected chi connectivity index (χ1v) is 5.41. The van der Waals surface area contributed by atoms with E-state index in [0.29, 0.717) is 0 Å². The minimum Gasteiger partial charge on any atom is -0.381 e. The summed E-state index contributed by atoms with van der Waals surface area (Å²) in [7, 11) is 0. The summed E-state index contributed by atoms with van der Waals surface area (Å²) in [6.07, 6.45) is 1.97. The van der Waals surface area contributed by atoms with Crippen LogP contribution < -0.4 is 0 Å². The number of ketones is 1. The van der Waals surface area contributed by atoms with Gasteiger partial charge in [-0.15, -0.1) is 0 Å². The highest BCUT2D eigenvalue weighted by atomic mass is 16.5. The molecule has 0 bridgehead atoms. The first-order valence-electron chi connectivity index (χ1n) is 5.41. The number of benzene rings is 1. The van der Waals surface area contributed by atoms with E-state index in [1.807, 2.05) is 24.3 Å². The number of rotatable bonds is 6. The normalized spacial score (nSPS) is 10.3. The molecule has 15 heavy (non-hydrogen) atoms. The van der Waals surface area contributed by atoms with E-state index in [1.54, 1.807) is 6.92 Å². The standard InChI is InChI=1S/C13H18O2/c1-3-9-15-10-8-12-4-6-13(7-5-12)11(2)14/h4-7H,3,8-10H2,1-2H3. The van der Waals surface area contributed by atoms with E-state index < -0.39 is 0 Å². The predicted molar refractivity (Wildman–Crippen MR) is 61.3 cm³/mol. The third-order valence-corrected chi connectivity index (χ3v) is 2.24. The lowest BCUT2D eigenvalue weighted by Crippen LogP contribution is -2.00. The molecule has 0 radical (unpaired) electrons. The molecule has 0 aliphatic rings. The molecule has 0 amide bonds. The van der Waals surface area contributed by atoms with Crippen LogP contribution in [0.2, 0.25) is 0 Å². The first kappa shape index (κ1) is 11.9. The Bertz CT molecular complexity index is 301. The maximum atomic E-state index is 11.0. The zero-order valence-electron chi connectivity index (χ0n) is 9.45. The molecule has 1 aromatic carbocycles. The molecule has 0 fully saturated rings. The van der Waals surface area contributed by atoms with Gasteiger partial charge in [0.05, 0.1) is 6.61 Å². The van der Waals surface area contributed by atoms with Gasteiger partial charge in [0, 0.05) is 12.2 Å². The molecule has 0 saturated carbocycles. The van der Waals surface area contributed by atoms with Gasteiger partial charge >= 0.3 is 0 Å². The summed E-state index contributed by atoms with van der Waals surface area (Å²) in [6.45, 7) is 5.26. The van der Waals surface area contributed by atoms with Crippen LogP contribution in [-0.2, 0) is 11.2 Å². The molecule has 0 heterocycles. The van der Waals surface area contributed by atoms with Gasteiger partial charge in [-0.3, -0.25) is 4.79 Å². The van der Waals surface area contributed by atoms with Gasteiger partial charge in [-0.1, -0.05) is 31.2 Å². The van der Waals surface area contributed by atoms with Crippen molar-refractivity contribution in [2.45, 2.75) is 26.7 Å². The second kappa shape index (κ2) is 6.36. The Kier molecular flexibility index (Phi) is 5.05. The Hall–Kier alpha value is -1.15. The molecule has 0 aliphatic heterocycles. The predicted octanol–water partition coefficient (Wildman–Crippen LogP) is 2.86. The van der Waals surface area contributed by atoms with Crippen molar-refractivity contribution in [3.05, 3.63) is 35.4 Å². The summed E-state index contributed by atoms with van der Waals surface area (Å²) >= 11 is 0. The Morgan fingerprint density at radius 3 is 2.40 bits per heavy atom. The third-order valence-electron chi connectivity index (χ3n) is 2.24. The van der Waals surface area contributed by atoms with Crippen LogP contribution in [0.15, 0.2) is 24.3 Å². The number of ether oxygens (including phenoxy) is 1. The quantitative estimate of drug-likeness (QED) is 0.528. The van der Waals surface area contributed by atoms with Crippen LogP contribution in [0.25, 0.3) is 0 Å². The number of carbonyl (C=O) groups is 1. The monoisotopic (exact) mass is 206 g/mol. The van der Waals surface area contributed by atoms with E-state index in [2.05, 4.69) is 6.92 Å². The molecule has 0 spiro atoms. The molecule has 0 N–H and O–H groups in total. The van der Waals surface area contributed by atoms with E-state index in [-0.39, 0.29) is 5.78 Å². The molecule has 2 nitrogen and oxygen atoms in total. The van der Waals surface area contributed by atoms with Crippen molar-refractivity contribution >= 4 is 5.78 Å². The van der Waals surface area contributed by atoms with Crippen LogP contribution in [0.1, 0.15) is 36.2 Å². The third kappa shape index (κ3) is 4.26. The van der Waals surface area contributed by atoms with E-state index in [9.17, 15) is 4.79 Å². The van der Waals surface area contributed by atoms with E-state index in [1.165, 1.54) is 5.56 Å². The van der Waals surface area contributed by atoms with Crippen LogP contribution in [-0.4, -0.2) is 19.0 Å². The lowest BCUT2D eigenvalue weighted by molar-refractivity contribution is 0.101. The number of carbonyl (C=O) groups excluding carboxylic acids is 1. The Labute approximate surface area is 91.3 Å². The Morgan fingerprint density at radius 1 is 1.20 bits per heavy atom. The summed E-state index contributed by atoms with van der Waals surface area (Å²) in [6, 6.07) is 7.73.